The molecule has 2 N–H and O–H groups in total. The highest BCUT2D eigenvalue weighted by atomic mass is 16.6. The Balaban J connectivity index is 2.21. The van der Waals surface area contributed by atoms with E-state index in [0.717, 1.165) is 16.2 Å². The summed E-state index contributed by atoms with van der Waals surface area (Å²) in [5.41, 5.74) is 6.10. The van der Waals surface area contributed by atoms with Crippen molar-refractivity contribution in [3.05, 3.63) is 96.7 Å². The lowest BCUT2D eigenvalue weighted by molar-refractivity contribution is -0.385. The van der Waals surface area contributed by atoms with Crippen molar-refractivity contribution in [2.45, 2.75) is 13.5 Å². The molecule has 1 heterocycles. The molecule has 2 aromatic carbocycles. The first kappa shape index (κ1) is 17.2. The second-order valence-corrected chi connectivity index (χ2v) is 5.78. The van der Waals surface area contributed by atoms with Gasteiger partial charge in [0.2, 0.25) is 0 Å². The van der Waals surface area contributed by atoms with Gasteiger partial charge in [-0.05, 0) is 18.6 Å². The van der Waals surface area contributed by atoms with Gasteiger partial charge >= 0.3 is 5.69 Å². The van der Waals surface area contributed by atoms with Crippen LogP contribution in [0.25, 0.3) is 5.69 Å². The van der Waals surface area contributed by atoms with Crippen LogP contribution in [0.4, 0.5) is 11.5 Å². The van der Waals surface area contributed by atoms with Crippen molar-refractivity contribution in [3.8, 4) is 5.69 Å². The first-order chi connectivity index (χ1) is 12.4. The second-order valence-electron chi connectivity index (χ2n) is 5.78. The van der Waals surface area contributed by atoms with E-state index < -0.39 is 16.2 Å². The largest absolute Gasteiger partial charge is 0.385 e. The average molecular weight is 352 g/mol. The molecular weight excluding hydrogens is 336 g/mol. The Kier molecular flexibility index (Phi) is 4.40. The number of nitrogens with two attached hydrogens (primary N) is 1. The second kappa shape index (κ2) is 6.67. The number of nitrogens with zero attached hydrogens (tertiary/aromatic N) is 3. The molecule has 0 amide bonds. The van der Waals surface area contributed by atoms with Crippen LogP contribution in [0.1, 0.15) is 11.1 Å². The quantitative estimate of drug-likeness (QED) is 0.568. The maximum atomic E-state index is 12.9. The summed E-state index contributed by atoms with van der Waals surface area (Å²) >= 11 is 0. The van der Waals surface area contributed by atoms with E-state index in [4.69, 9.17) is 5.73 Å². The molecule has 0 aliphatic carbocycles. The summed E-state index contributed by atoms with van der Waals surface area (Å²) in [6.45, 7) is 1.60. The van der Waals surface area contributed by atoms with E-state index in [2.05, 4.69) is 0 Å². The van der Waals surface area contributed by atoms with Gasteiger partial charge in [0.05, 0.1) is 17.2 Å². The molecule has 26 heavy (non-hydrogen) atoms. The number of benzene rings is 2. The summed E-state index contributed by atoms with van der Waals surface area (Å²) in [5.74, 6) is 0.00751. The van der Waals surface area contributed by atoms with Gasteiger partial charge in [0.25, 0.3) is 11.2 Å². The Morgan fingerprint density at radius 2 is 1.73 bits per heavy atom. The van der Waals surface area contributed by atoms with Crippen LogP contribution in [-0.4, -0.2) is 14.1 Å². The van der Waals surface area contributed by atoms with Gasteiger partial charge in [-0.3, -0.25) is 19.5 Å². The summed E-state index contributed by atoms with van der Waals surface area (Å²) < 4.78 is 2.16. The molecule has 0 atom stereocenters. The Hall–Kier alpha value is -3.68. The van der Waals surface area contributed by atoms with Crippen LogP contribution in [0, 0.1) is 17.0 Å². The predicted octanol–water partition coefficient (Wildman–Crippen LogP) is 1.85. The zero-order chi connectivity index (χ0) is 18.8. The molecular formula is C18H16N4O4. The van der Waals surface area contributed by atoms with E-state index in [-0.39, 0.29) is 23.6 Å². The molecule has 0 bridgehead atoms. The van der Waals surface area contributed by atoms with Crippen LogP contribution in [0.5, 0.6) is 0 Å². The maximum absolute atomic E-state index is 12.9. The van der Waals surface area contributed by atoms with Crippen molar-refractivity contribution < 1.29 is 4.92 Å². The van der Waals surface area contributed by atoms with E-state index >= 15 is 0 Å². The van der Waals surface area contributed by atoms with E-state index in [1.165, 1.54) is 22.8 Å². The maximum Gasteiger partial charge on any atom is 0.337 e. The van der Waals surface area contributed by atoms with Crippen molar-refractivity contribution in [1.29, 1.82) is 0 Å². The third-order valence-corrected chi connectivity index (χ3v) is 4.09. The lowest BCUT2D eigenvalue weighted by Crippen LogP contribution is -2.40. The number of para-hydroxylation sites is 2. The van der Waals surface area contributed by atoms with Gasteiger partial charge in [0, 0.05) is 17.7 Å². The SMILES string of the molecule is Cc1ccccc1-n1c(N)cc(=O)n(Cc2ccccc2[N+](=O)[O-])c1=O. The molecule has 0 aliphatic heterocycles. The van der Waals surface area contributed by atoms with Crippen LogP contribution in [0.15, 0.2) is 64.2 Å². The minimum Gasteiger partial charge on any atom is -0.385 e. The van der Waals surface area contributed by atoms with Gasteiger partial charge in [-0.1, -0.05) is 36.4 Å². The smallest absolute Gasteiger partial charge is 0.337 e. The van der Waals surface area contributed by atoms with Gasteiger partial charge < -0.3 is 5.73 Å². The number of hydrogen-bond donors (Lipinski definition) is 1. The van der Waals surface area contributed by atoms with Crippen LogP contribution >= 0.6 is 0 Å². The Morgan fingerprint density at radius 3 is 2.42 bits per heavy atom. The molecule has 0 fully saturated rings. The number of nitro groups is 1. The molecule has 3 rings (SSSR count). The first-order valence-corrected chi connectivity index (χ1v) is 7.81. The minimum absolute atomic E-state index is 0.00751. The zero-order valence-corrected chi connectivity index (χ0v) is 14.0. The Bertz CT molecular complexity index is 1110. The summed E-state index contributed by atoms with van der Waals surface area (Å²) in [6.07, 6.45) is 0. The first-order valence-electron chi connectivity index (χ1n) is 7.81. The van der Waals surface area contributed by atoms with E-state index in [1.54, 1.807) is 18.2 Å². The average Bonchev–Trinajstić information content (AvgIpc) is 2.60. The van der Waals surface area contributed by atoms with Gasteiger partial charge in [-0.2, -0.15) is 0 Å². The van der Waals surface area contributed by atoms with Crippen LogP contribution in [-0.2, 0) is 6.54 Å². The van der Waals surface area contributed by atoms with Gasteiger partial charge in [-0.25, -0.2) is 9.36 Å². The number of nitrogen functional groups attached to an aromatic ring is 1. The number of aromatic nitrogens is 2. The van der Waals surface area contributed by atoms with Crippen LogP contribution in [0.3, 0.4) is 0 Å². The normalized spacial score (nSPS) is 10.7. The molecule has 0 unspecified atom stereocenters. The van der Waals surface area contributed by atoms with Crippen LogP contribution < -0.4 is 17.0 Å². The zero-order valence-electron chi connectivity index (χ0n) is 14.0. The van der Waals surface area contributed by atoms with Gasteiger partial charge in [0.1, 0.15) is 5.82 Å². The molecule has 3 aromatic rings. The highest BCUT2D eigenvalue weighted by Gasteiger charge is 2.17. The number of nitro benzene ring substituents is 1. The Labute approximate surface area is 147 Å². The molecule has 132 valence electrons. The third kappa shape index (κ3) is 3.00. The fourth-order valence-electron chi connectivity index (χ4n) is 2.79. The van der Waals surface area contributed by atoms with E-state index in [1.807, 2.05) is 19.1 Å². The van der Waals surface area contributed by atoms with Gasteiger partial charge in [-0.15, -0.1) is 0 Å². The van der Waals surface area contributed by atoms with E-state index in [9.17, 15) is 19.7 Å². The summed E-state index contributed by atoms with van der Waals surface area (Å²) in [6, 6.07) is 14.2. The van der Waals surface area contributed by atoms with Crippen molar-refractivity contribution in [2.75, 3.05) is 5.73 Å². The number of anilines is 1. The molecule has 0 aliphatic rings. The standard InChI is InChI=1S/C18H16N4O4/c1-12-6-2-4-8-14(12)21-16(19)10-17(23)20(18(21)24)11-13-7-3-5-9-15(13)22(25)26/h2-10H,11,19H2,1H3. The fraction of sp³-hybridized carbons (Fsp3) is 0.111. The summed E-state index contributed by atoms with van der Waals surface area (Å²) in [4.78, 5) is 35.9. The molecule has 8 nitrogen and oxygen atoms in total. The topological polar surface area (TPSA) is 113 Å². The monoisotopic (exact) mass is 352 g/mol. The lowest BCUT2D eigenvalue weighted by Gasteiger charge is -2.14. The lowest BCUT2D eigenvalue weighted by atomic mass is 10.2. The third-order valence-electron chi connectivity index (χ3n) is 4.09. The Morgan fingerprint density at radius 1 is 1.08 bits per heavy atom. The fourth-order valence-corrected chi connectivity index (χ4v) is 2.79. The van der Waals surface area contributed by atoms with Crippen molar-refractivity contribution >= 4 is 11.5 Å². The van der Waals surface area contributed by atoms with Crippen molar-refractivity contribution in [2.24, 2.45) is 0 Å². The minimum atomic E-state index is -0.651. The van der Waals surface area contributed by atoms with Crippen molar-refractivity contribution in [1.82, 2.24) is 9.13 Å². The molecule has 0 saturated carbocycles. The summed E-state index contributed by atoms with van der Waals surface area (Å²) in [7, 11) is 0. The molecule has 1 aromatic heterocycles. The number of hydrogen-bond acceptors (Lipinski definition) is 5. The van der Waals surface area contributed by atoms with E-state index in [0.29, 0.717) is 5.69 Å². The highest BCUT2D eigenvalue weighted by Crippen LogP contribution is 2.18. The molecule has 0 radical (unpaired) electrons. The molecule has 0 spiro atoms. The number of rotatable bonds is 4. The van der Waals surface area contributed by atoms with Crippen LogP contribution in [0.2, 0.25) is 0 Å². The highest BCUT2D eigenvalue weighted by molar-refractivity contribution is 5.47. The molecule has 8 heteroatoms. The number of aryl methyl sites for hydroxylation is 1. The molecule has 0 saturated heterocycles. The summed E-state index contributed by atoms with van der Waals surface area (Å²) in [5, 5.41) is 11.2. The van der Waals surface area contributed by atoms with Gasteiger partial charge in [0.15, 0.2) is 0 Å². The predicted molar refractivity (Wildman–Crippen MR) is 97.6 cm³/mol. The van der Waals surface area contributed by atoms with Crippen molar-refractivity contribution in [3.63, 3.8) is 0 Å².